The topological polar surface area (TPSA) is 61.4 Å². The van der Waals surface area contributed by atoms with Gasteiger partial charge in [-0.15, -0.1) is 0 Å². The summed E-state index contributed by atoms with van der Waals surface area (Å²) in [5, 5.41) is 15.3. The quantitative estimate of drug-likeness (QED) is 0.647. The molecule has 4 nitrogen and oxygen atoms in total. The molecule has 2 unspecified atom stereocenters. The Hall–Kier alpha value is -0.610. The molecule has 0 spiro atoms. The van der Waals surface area contributed by atoms with E-state index in [1.807, 2.05) is 13.8 Å². The van der Waals surface area contributed by atoms with Gasteiger partial charge in [0.1, 0.15) is 0 Å². The molecular weight excluding hydrogens is 204 g/mol. The molecule has 1 rings (SSSR count). The average Bonchev–Trinajstić information content (AvgIpc) is 2.26. The third-order valence-electron chi connectivity index (χ3n) is 3.12. The number of rotatable bonds is 5. The average molecular weight is 228 g/mol. The number of aliphatic hydroxyl groups is 1. The van der Waals surface area contributed by atoms with Gasteiger partial charge < -0.3 is 15.7 Å². The van der Waals surface area contributed by atoms with Gasteiger partial charge in [-0.2, -0.15) is 0 Å². The first kappa shape index (κ1) is 13.5. The molecule has 0 aliphatic heterocycles. The van der Waals surface area contributed by atoms with Gasteiger partial charge in [0.2, 0.25) is 5.91 Å². The summed E-state index contributed by atoms with van der Waals surface area (Å²) in [6, 6.07) is 0.492. The molecule has 0 saturated heterocycles. The Morgan fingerprint density at radius 1 is 1.38 bits per heavy atom. The molecule has 0 aromatic carbocycles. The standard InChI is InChI=1S/C12H24N2O2/c1-9(2)14-12(16)7-13-11-6-4-3-5-10(11)8-15/h9-11,13,15H,3-8H2,1-2H3,(H,14,16). The van der Waals surface area contributed by atoms with Gasteiger partial charge in [0.15, 0.2) is 0 Å². The van der Waals surface area contributed by atoms with Crippen LogP contribution in [-0.2, 0) is 4.79 Å². The van der Waals surface area contributed by atoms with E-state index in [2.05, 4.69) is 10.6 Å². The molecular formula is C12H24N2O2. The van der Waals surface area contributed by atoms with Crippen molar-refractivity contribution < 1.29 is 9.90 Å². The highest BCUT2D eigenvalue weighted by atomic mass is 16.3. The molecule has 2 atom stereocenters. The van der Waals surface area contributed by atoms with Crippen molar-refractivity contribution in [2.45, 2.75) is 51.6 Å². The van der Waals surface area contributed by atoms with E-state index in [1.54, 1.807) is 0 Å². The van der Waals surface area contributed by atoms with E-state index in [-0.39, 0.29) is 18.6 Å². The molecule has 4 heteroatoms. The summed E-state index contributed by atoms with van der Waals surface area (Å²) in [4.78, 5) is 11.5. The van der Waals surface area contributed by atoms with Crippen LogP contribution in [0.5, 0.6) is 0 Å². The number of amides is 1. The van der Waals surface area contributed by atoms with E-state index < -0.39 is 0 Å². The fraction of sp³-hybridized carbons (Fsp3) is 0.917. The zero-order valence-electron chi connectivity index (χ0n) is 10.3. The molecule has 0 bridgehead atoms. The van der Waals surface area contributed by atoms with Crippen LogP contribution in [0.25, 0.3) is 0 Å². The molecule has 0 radical (unpaired) electrons. The van der Waals surface area contributed by atoms with Crippen LogP contribution in [0.1, 0.15) is 39.5 Å². The highest BCUT2D eigenvalue weighted by Gasteiger charge is 2.24. The lowest BCUT2D eigenvalue weighted by atomic mass is 9.85. The predicted molar refractivity (Wildman–Crippen MR) is 64.1 cm³/mol. The molecule has 1 aliphatic rings. The van der Waals surface area contributed by atoms with Gasteiger partial charge in [-0.05, 0) is 32.6 Å². The van der Waals surface area contributed by atoms with Gasteiger partial charge in [0, 0.05) is 18.7 Å². The summed E-state index contributed by atoms with van der Waals surface area (Å²) in [5.74, 6) is 0.359. The first-order chi connectivity index (χ1) is 7.63. The fourth-order valence-corrected chi connectivity index (χ4v) is 2.29. The molecule has 0 aromatic rings. The second kappa shape index (κ2) is 6.86. The molecule has 3 N–H and O–H groups in total. The van der Waals surface area contributed by atoms with Gasteiger partial charge in [-0.3, -0.25) is 4.79 Å². The minimum absolute atomic E-state index is 0.0391. The molecule has 1 aliphatic carbocycles. The molecule has 0 aromatic heterocycles. The van der Waals surface area contributed by atoms with Gasteiger partial charge in [-0.1, -0.05) is 12.8 Å². The van der Waals surface area contributed by atoms with Crippen LogP contribution in [0.3, 0.4) is 0 Å². The predicted octanol–water partition coefficient (Wildman–Crippen LogP) is 0.652. The van der Waals surface area contributed by atoms with Crippen molar-refractivity contribution in [2.24, 2.45) is 5.92 Å². The smallest absolute Gasteiger partial charge is 0.234 e. The minimum atomic E-state index is 0.0391. The molecule has 16 heavy (non-hydrogen) atoms. The second-order valence-electron chi connectivity index (χ2n) is 4.94. The molecule has 94 valence electrons. The minimum Gasteiger partial charge on any atom is -0.396 e. The number of carbonyl (C=O) groups is 1. The van der Waals surface area contributed by atoms with Crippen LogP contribution in [0, 0.1) is 5.92 Å². The highest BCUT2D eigenvalue weighted by molar-refractivity contribution is 5.78. The molecule has 1 amide bonds. The number of hydrogen-bond acceptors (Lipinski definition) is 3. The number of nitrogens with one attached hydrogen (secondary N) is 2. The maximum absolute atomic E-state index is 11.5. The summed E-state index contributed by atoms with van der Waals surface area (Å²) < 4.78 is 0. The normalized spacial score (nSPS) is 25.8. The SMILES string of the molecule is CC(C)NC(=O)CNC1CCCCC1CO. The molecule has 0 heterocycles. The van der Waals surface area contributed by atoms with Gasteiger partial charge >= 0.3 is 0 Å². The van der Waals surface area contributed by atoms with Crippen molar-refractivity contribution in [2.75, 3.05) is 13.2 Å². The number of hydrogen-bond donors (Lipinski definition) is 3. The lowest BCUT2D eigenvalue weighted by molar-refractivity contribution is -0.121. The van der Waals surface area contributed by atoms with Gasteiger partial charge in [0.25, 0.3) is 0 Å². The van der Waals surface area contributed by atoms with E-state index in [9.17, 15) is 9.90 Å². The van der Waals surface area contributed by atoms with Crippen molar-refractivity contribution in [3.63, 3.8) is 0 Å². The summed E-state index contributed by atoms with van der Waals surface area (Å²) in [6.45, 7) is 4.49. The highest BCUT2D eigenvalue weighted by Crippen LogP contribution is 2.23. The fourth-order valence-electron chi connectivity index (χ4n) is 2.29. The second-order valence-corrected chi connectivity index (χ2v) is 4.94. The van der Waals surface area contributed by atoms with Crippen molar-refractivity contribution in [1.82, 2.24) is 10.6 Å². The Bertz CT molecular complexity index is 219. The van der Waals surface area contributed by atoms with Crippen molar-refractivity contribution >= 4 is 5.91 Å². The Morgan fingerprint density at radius 3 is 2.69 bits per heavy atom. The van der Waals surface area contributed by atoms with E-state index in [4.69, 9.17) is 0 Å². The lowest BCUT2D eigenvalue weighted by Crippen LogP contribution is -2.46. The summed E-state index contributed by atoms with van der Waals surface area (Å²) in [7, 11) is 0. The zero-order chi connectivity index (χ0) is 12.0. The maximum Gasteiger partial charge on any atom is 0.234 e. The Morgan fingerprint density at radius 2 is 2.06 bits per heavy atom. The van der Waals surface area contributed by atoms with Crippen molar-refractivity contribution in [1.29, 1.82) is 0 Å². The molecule has 1 fully saturated rings. The number of aliphatic hydroxyl groups excluding tert-OH is 1. The first-order valence-electron chi connectivity index (χ1n) is 6.27. The summed E-state index contributed by atoms with van der Waals surface area (Å²) in [5.41, 5.74) is 0. The molecule has 1 saturated carbocycles. The van der Waals surface area contributed by atoms with Crippen molar-refractivity contribution in [3.8, 4) is 0 Å². The summed E-state index contributed by atoms with van der Waals surface area (Å²) in [6.07, 6.45) is 4.53. The van der Waals surface area contributed by atoms with E-state index >= 15 is 0 Å². The van der Waals surface area contributed by atoms with Gasteiger partial charge in [0.05, 0.1) is 6.54 Å². The van der Waals surface area contributed by atoms with Crippen LogP contribution >= 0.6 is 0 Å². The van der Waals surface area contributed by atoms with E-state index in [1.165, 1.54) is 12.8 Å². The van der Waals surface area contributed by atoms with E-state index in [0.29, 0.717) is 18.5 Å². The van der Waals surface area contributed by atoms with Gasteiger partial charge in [-0.25, -0.2) is 0 Å². The van der Waals surface area contributed by atoms with Crippen molar-refractivity contribution in [3.05, 3.63) is 0 Å². The van der Waals surface area contributed by atoms with Crippen LogP contribution in [0.4, 0.5) is 0 Å². The van der Waals surface area contributed by atoms with Crippen LogP contribution < -0.4 is 10.6 Å². The lowest BCUT2D eigenvalue weighted by Gasteiger charge is -2.30. The maximum atomic E-state index is 11.5. The monoisotopic (exact) mass is 228 g/mol. The largest absolute Gasteiger partial charge is 0.396 e. The van der Waals surface area contributed by atoms with Crippen LogP contribution in [-0.4, -0.2) is 36.2 Å². The Labute approximate surface area is 97.8 Å². The first-order valence-corrected chi connectivity index (χ1v) is 6.27. The van der Waals surface area contributed by atoms with Crippen LogP contribution in [0.2, 0.25) is 0 Å². The number of carbonyl (C=O) groups excluding carboxylic acids is 1. The zero-order valence-corrected chi connectivity index (χ0v) is 10.3. The Balaban J connectivity index is 2.27. The Kier molecular flexibility index (Phi) is 5.77. The third kappa shape index (κ3) is 4.49. The van der Waals surface area contributed by atoms with Crippen LogP contribution in [0.15, 0.2) is 0 Å². The third-order valence-corrected chi connectivity index (χ3v) is 3.12. The summed E-state index contributed by atoms with van der Waals surface area (Å²) >= 11 is 0. The van der Waals surface area contributed by atoms with E-state index in [0.717, 1.165) is 12.8 Å².